The highest BCUT2D eigenvalue weighted by molar-refractivity contribution is 6.36. The second kappa shape index (κ2) is 8.82. The number of nitrogens with zero attached hydrogens (tertiary/aromatic N) is 2. The molecule has 0 spiro atoms. The number of rotatable bonds is 6. The number of anilines is 2. The van der Waals surface area contributed by atoms with Gasteiger partial charge in [-0.3, -0.25) is 4.99 Å². The van der Waals surface area contributed by atoms with Crippen LogP contribution in [0.5, 0.6) is 5.75 Å². The minimum atomic E-state index is 0.271. The van der Waals surface area contributed by atoms with E-state index in [1.165, 1.54) is 6.20 Å². The predicted molar refractivity (Wildman–Crippen MR) is 101 cm³/mol. The lowest BCUT2D eigenvalue weighted by atomic mass is 10.3. The number of benzene rings is 1. The molecule has 1 heterocycles. The maximum atomic E-state index is 6.05. The van der Waals surface area contributed by atoms with Crippen molar-refractivity contribution in [2.24, 2.45) is 10.7 Å². The van der Waals surface area contributed by atoms with Gasteiger partial charge in [-0.15, -0.1) is 0 Å². The van der Waals surface area contributed by atoms with Crippen molar-refractivity contribution < 1.29 is 4.74 Å². The number of aliphatic imine (C=N–C) groups is 1. The van der Waals surface area contributed by atoms with Crippen molar-refractivity contribution in [3.05, 3.63) is 45.5 Å². The summed E-state index contributed by atoms with van der Waals surface area (Å²) < 4.78 is 5.09. The van der Waals surface area contributed by atoms with Crippen molar-refractivity contribution in [2.75, 3.05) is 30.8 Å². The number of nitrogens with one attached hydrogen (secondary N) is 2. The SMILES string of the molecule is COc1ccc(NC(N)=NCCNc2ncc(Cl)cc2Cl)cc1Cl. The quantitative estimate of drug-likeness (QED) is 0.397. The van der Waals surface area contributed by atoms with Crippen LogP contribution in [0.4, 0.5) is 11.5 Å². The Kier molecular flexibility index (Phi) is 6.78. The van der Waals surface area contributed by atoms with E-state index in [2.05, 4.69) is 20.6 Å². The summed E-state index contributed by atoms with van der Waals surface area (Å²) in [5.41, 5.74) is 6.55. The molecule has 0 saturated carbocycles. The number of methoxy groups -OCH3 is 1. The van der Waals surface area contributed by atoms with Gasteiger partial charge in [0.15, 0.2) is 5.96 Å². The molecule has 0 bridgehead atoms. The Labute approximate surface area is 155 Å². The number of aromatic nitrogens is 1. The molecule has 1 aromatic carbocycles. The number of hydrogen-bond donors (Lipinski definition) is 3. The Balaban J connectivity index is 1.84. The monoisotopic (exact) mass is 387 g/mol. The zero-order valence-electron chi connectivity index (χ0n) is 12.8. The van der Waals surface area contributed by atoms with Gasteiger partial charge in [0.25, 0.3) is 0 Å². The molecule has 4 N–H and O–H groups in total. The van der Waals surface area contributed by atoms with E-state index in [4.69, 9.17) is 45.3 Å². The smallest absolute Gasteiger partial charge is 0.193 e. The number of nitrogens with two attached hydrogens (primary N) is 1. The van der Waals surface area contributed by atoms with Gasteiger partial charge in [-0.1, -0.05) is 34.8 Å². The molecule has 0 aliphatic carbocycles. The van der Waals surface area contributed by atoms with E-state index in [1.807, 2.05) is 0 Å². The molecule has 2 aromatic rings. The van der Waals surface area contributed by atoms with Gasteiger partial charge in [-0.2, -0.15) is 0 Å². The summed E-state index contributed by atoms with van der Waals surface area (Å²) >= 11 is 17.9. The minimum absolute atomic E-state index is 0.271. The molecule has 9 heteroatoms. The molecule has 0 radical (unpaired) electrons. The first-order chi connectivity index (χ1) is 11.5. The van der Waals surface area contributed by atoms with E-state index < -0.39 is 0 Å². The minimum Gasteiger partial charge on any atom is -0.495 e. The predicted octanol–water partition coefficient (Wildman–Crippen LogP) is 3.89. The zero-order valence-corrected chi connectivity index (χ0v) is 15.1. The summed E-state index contributed by atoms with van der Waals surface area (Å²) in [4.78, 5) is 8.29. The van der Waals surface area contributed by atoms with Crippen LogP contribution >= 0.6 is 34.8 Å². The second-order valence-electron chi connectivity index (χ2n) is 4.65. The van der Waals surface area contributed by atoms with E-state index in [-0.39, 0.29) is 5.96 Å². The van der Waals surface area contributed by atoms with Crippen LogP contribution in [0.3, 0.4) is 0 Å². The fourth-order valence-corrected chi connectivity index (χ4v) is 2.53. The van der Waals surface area contributed by atoms with Gasteiger partial charge in [-0.25, -0.2) is 4.98 Å². The van der Waals surface area contributed by atoms with Gasteiger partial charge >= 0.3 is 0 Å². The lowest BCUT2D eigenvalue weighted by Gasteiger charge is -2.09. The maximum absolute atomic E-state index is 6.05. The summed E-state index contributed by atoms with van der Waals surface area (Å²) in [5, 5.41) is 7.42. The van der Waals surface area contributed by atoms with E-state index in [0.29, 0.717) is 39.7 Å². The van der Waals surface area contributed by atoms with Gasteiger partial charge in [-0.05, 0) is 24.3 Å². The third kappa shape index (κ3) is 5.33. The van der Waals surface area contributed by atoms with Crippen molar-refractivity contribution in [2.45, 2.75) is 0 Å². The standard InChI is InChI=1S/C15H16Cl3N5O/c1-24-13-3-2-10(7-11(13)17)23-15(19)21-5-4-20-14-12(18)6-9(16)8-22-14/h2-3,6-8H,4-5H2,1H3,(H,20,22)(H3,19,21,23). The molecular formula is C15H16Cl3N5O. The first-order valence-corrected chi connectivity index (χ1v) is 8.08. The topological polar surface area (TPSA) is 84.6 Å². The normalized spacial score (nSPS) is 11.2. The molecule has 0 fully saturated rings. The summed E-state index contributed by atoms with van der Waals surface area (Å²) in [7, 11) is 1.55. The molecule has 0 saturated heterocycles. The Morgan fingerprint density at radius 1 is 1.25 bits per heavy atom. The van der Waals surface area contributed by atoms with E-state index in [0.717, 1.165) is 5.69 Å². The fourth-order valence-electron chi connectivity index (χ4n) is 1.83. The highest BCUT2D eigenvalue weighted by Gasteiger charge is 2.03. The van der Waals surface area contributed by atoms with Gasteiger partial charge < -0.3 is 21.1 Å². The number of halogens is 3. The van der Waals surface area contributed by atoms with Crippen LogP contribution in [0.1, 0.15) is 0 Å². The number of pyridine rings is 1. The van der Waals surface area contributed by atoms with Crippen molar-refractivity contribution in [3.63, 3.8) is 0 Å². The first kappa shape index (κ1) is 18.4. The number of ether oxygens (including phenoxy) is 1. The Bertz CT molecular complexity index is 739. The zero-order chi connectivity index (χ0) is 17.5. The Morgan fingerprint density at radius 3 is 2.71 bits per heavy atom. The van der Waals surface area contributed by atoms with E-state index in [1.54, 1.807) is 31.4 Å². The lowest BCUT2D eigenvalue weighted by molar-refractivity contribution is 0.415. The van der Waals surface area contributed by atoms with Crippen LogP contribution in [-0.2, 0) is 0 Å². The van der Waals surface area contributed by atoms with E-state index >= 15 is 0 Å². The summed E-state index contributed by atoms with van der Waals surface area (Å²) in [5.74, 6) is 1.41. The molecule has 0 unspecified atom stereocenters. The van der Waals surface area contributed by atoms with Crippen LogP contribution in [0.2, 0.25) is 15.1 Å². The number of guanidine groups is 1. The van der Waals surface area contributed by atoms with Crippen molar-refractivity contribution in [1.82, 2.24) is 4.98 Å². The van der Waals surface area contributed by atoms with Crippen LogP contribution in [0, 0.1) is 0 Å². The average Bonchev–Trinajstić information content (AvgIpc) is 2.53. The van der Waals surface area contributed by atoms with Gasteiger partial charge in [0, 0.05) is 18.4 Å². The van der Waals surface area contributed by atoms with Crippen molar-refractivity contribution in [3.8, 4) is 5.75 Å². The molecular weight excluding hydrogens is 373 g/mol. The molecule has 0 aliphatic rings. The van der Waals surface area contributed by atoms with Gasteiger partial charge in [0.05, 0.1) is 28.7 Å². The average molecular weight is 389 g/mol. The molecule has 0 amide bonds. The van der Waals surface area contributed by atoms with Crippen molar-refractivity contribution >= 4 is 52.3 Å². The maximum Gasteiger partial charge on any atom is 0.193 e. The van der Waals surface area contributed by atoms with Gasteiger partial charge in [0.2, 0.25) is 0 Å². The summed E-state index contributed by atoms with van der Waals surface area (Å²) in [6.45, 7) is 0.948. The molecule has 128 valence electrons. The lowest BCUT2D eigenvalue weighted by Crippen LogP contribution is -2.23. The molecule has 6 nitrogen and oxygen atoms in total. The Hall–Kier alpha value is -1.89. The van der Waals surface area contributed by atoms with E-state index in [9.17, 15) is 0 Å². The molecule has 24 heavy (non-hydrogen) atoms. The molecule has 1 aromatic heterocycles. The summed E-state index contributed by atoms with van der Waals surface area (Å²) in [6, 6.07) is 6.86. The largest absolute Gasteiger partial charge is 0.495 e. The van der Waals surface area contributed by atoms with Gasteiger partial charge in [0.1, 0.15) is 11.6 Å². The summed E-state index contributed by atoms with van der Waals surface area (Å²) in [6.07, 6.45) is 1.52. The molecule has 0 aliphatic heterocycles. The first-order valence-electron chi connectivity index (χ1n) is 6.95. The van der Waals surface area contributed by atoms with Crippen LogP contribution < -0.4 is 21.1 Å². The molecule has 0 atom stereocenters. The number of hydrogen-bond acceptors (Lipinski definition) is 4. The third-order valence-electron chi connectivity index (χ3n) is 2.92. The van der Waals surface area contributed by atoms with Crippen LogP contribution in [-0.4, -0.2) is 31.1 Å². The molecule has 2 rings (SSSR count). The highest BCUT2D eigenvalue weighted by atomic mass is 35.5. The highest BCUT2D eigenvalue weighted by Crippen LogP contribution is 2.27. The Morgan fingerprint density at radius 2 is 2.04 bits per heavy atom. The van der Waals surface area contributed by atoms with Crippen molar-refractivity contribution in [1.29, 1.82) is 0 Å². The fraction of sp³-hybridized carbons (Fsp3) is 0.200. The van der Waals surface area contributed by atoms with Crippen LogP contribution in [0.15, 0.2) is 35.5 Å². The van der Waals surface area contributed by atoms with Crippen LogP contribution in [0.25, 0.3) is 0 Å². The second-order valence-corrected chi connectivity index (χ2v) is 5.90. The third-order valence-corrected chi connectivity index (χ3v) is 3.71.